The van der Waals surface area contributed by atoms with Crippen LogP contribution < -0.4 is 0 Å². The molecule has 0 amide bonds. The van der Waals surface area contributed by atoms with E-state index in [9.17, 15) is 18.4 Å². The first-order valence-corrected chi connectivity index (χ1v) is 11.3. The van der Waals surface area contributed by atoms with Gasteiger partial charge in [-0.2, -0.15) is 5.26 Å². The van der Waals surface area contributed by atoms with Crippen molar-refractivity contribution >= 4 is 11.6 Å². The maximum atomic E-state index is 14.5. The third kappa shape index (κ3) is 4.51. The molecule has 2 atom stereocenters. The van der Waals surface area contributed by atoms with Crippen LogP contribution in [0.15, 0.2) is 66.7 Å². The number of benzene rings is 3. The highest BCUT2D eigenvalue weighted by atomic mass is 35.5. The zero-order chi connectivity index (χ0) is 23.6. The Balaban J connectivity index is 1.67. The van der Waals surface area contributed by atoms with E-state index in [2.05, 4.69) is 11.0 Å². The summed E-state index contributed by atoms with van der Waals surface area (Å²) in [5.74, 6) is -1.50. The van der Waals surface area contributed by atoms with Crippen molar-refractivity contribution in [3.63, 3.8) is 0 Å². The lowest BCUT2D eigenvalue weighted by Crippen LogP contribution is -2.58. The summed E-state index contributed by atoms with van der Waals surface area (Å²) in [6, 6.07) is 20.3. The van der Waals surface area contributed by atoms with Crippen molar-refractivity contribution in [3.05, 3.63) is 106 Å². The van der Waals surface area contributed by atoms with Crippen LogP contribution in [0, 0.1) is 28.9 Å². The number of nitriles is 1. The van der Waals surface area contributed by atoms with Crippen LogP contribution in [0.1, 0.15) is 41.6 Å². The van der Waals surface area contributed by atoms with Crippen molar-refractivity contribution in [1.29, 1.82) is 5.26 Å². The van der Waals surface area contributed by atoms with E-state index < -0.39 is 23.7 Å². The van der Waals surface area contributed by atoms with Gasteiger partial charge in [-0.25, -0.2) is 8.78 Å². The van der Waals surface area contributed by atoms with Gasteiger partial charge in [-0.3, -0.25) is 9.29 Å². The summed E-state index contributed by atoms with van der Waals surface area (Å²) in [4.78, 5) is 2.21. The quantitative estimate of drug-likeness (QED) is 0.380. The molecule has 1 aliphatic rings. The van der Waals surface area contributed by atoms with E-state index in [0.29, 0.717) is 35.7 Å². The molecule has 33 heavy (non-hydrogen) atoms. The van der Waals surface area contributed by atoms with E-state index in [1.807, 2.05) is 49.4 Å². The largest absolute Gasteiger partial charge is 0.292 e. The van der Waals surface area contributed by atoms with Crippen molar-refractivity contribution in [1.82, 2.24) is 4.90 Å². The van der Waals surface area contributed by atoms with Crippen molar-refractivity contribution in [2.45, 2.75) is 24.8 Å². The molecule has 0 spiro atoms. The average molecular weight is 469 g/mol. The van der Waals surface area contributed by atoms with E-state index >= 15 is 0 Å². The molecule has 0 unspecified atom stereocenters. The lowest BCUT2D eigenvalue weighted by atomic mass is 9.65. The fourth-order valence-electron chi connectivity index (χ4n) is 4.96. The minimum absolute atomic E-state index is 0.109. The first kappa shape index (κ1) is 23.4. The van der Waals surface area contributed by atoms with Gasteiger partial charge in [0.05, 0.1) is 24.3 Å². The number of hydrogen-bond acceptors (Lipinski definition) is 2. The van der Waals surface area contributed by atoms with Gasteiger partial charge < -0.3 is 0 Å². The van der Waals surface area contributed by atoms with Crippen LogP contribution in [0.2, 0.25) is 5.02 Å². The molecule has 0 bridgehead atoms. The van der Waals surface area contributed by atoms with Gasteiger partial charge in [0.25, 0.3) is 0 Å². The Morgan fingerprint density at radius 1 is 1.03 bits per heavy atom. The summed E-state index contributed by atoms with van der Waals surface area (Å²) in [6.45, 7) is 2.28. The number of nitrogens with zero attached hydrogens (tertiary/aromatic N) is 2. The fourth-order valence-corrected chi connectivity index (χ4v) is 5.09. The minimum Gasteiger partial charge on any atom is -0.292 e. The van der Waals surface area contributed by atoms with Gasteiger partial charge in [0.15, 0.2) is 0 Å². The first-order chi connectivity index (χ1) is 15.9. The molecule has 0 aliphatic carbocycles. The second kappa shape index (κ2) is 9.59. The molecule has 1 saturated heterocycles. The predicted octanol–water partition coefficient (Wildman–Crippen LogP) is 6.83. The highest BCUT2D eigenvalue weighted by Crippen LogP contribution is 2.45. The molecular formula is C27H24ClF3N2. The molecule has 0 aromatic heterocycles. The summed E-state index contributed by atoms with van der Waals surface area (Å²) in [7, 11) is 0. The zero-order valence-electron chi connectivity index (χ0n) is 18.2. The smallest absolute Gasteiger partial charge is 0.126 e. The fraction of sp³-hybridized carbons (Fsp3) is 0.296. The SMILES string of the molecule is CC[C@@](CF)(c1cc(F)cc(F)c1)C1CN([C@@H](c2ccc(Cl)cc2)c2cccc(C#N)c2)C1. The molecule has 0 N–H and O–H groups in total. The molecule has 1 heterocycles. The highest BCUT2D eigenvalue weighted by molar-refractivity contribution is 6.30. The van der Waals surface area contributed by atoms with Crippen molar-refractivity contribution in [2.75, 3.05) is 19.8 Å². The van der Waals surface area contributed by atoms with Crippen LogP contribution >= 0.6 is 11.6 Å². The van der Waals surface area contributed by atoms with Gasteiger partial charge in [0.2, 0.25) is 0 Å². The Kier molecular flexibility index (Phi) is 6.78. The third-order valence-corrected chi connectivity index (χ3v) is 7.13. The molecule has 0 saturated carbocycles. The van der Waals surface area contributed by atoms with Crippen LogP contribution in [-0.4, -0.2) is 24.7 Å². The van der Waals surface area contributed by atoms with Crippen LogP contribution in [0.5, 0.6) is 0 Å². The summed E-state index contributed by atoms with van der Waals surface area (Å²) >= 11 is 6.09. The monoisotopic (exact) mass is 468 g/mol. The minimum atomic E-state index is -0.960. The second-order valence-electron chi connectivity index (χ2n) is 8.64. The third-order valence-electron chi connectivity index (χ3n) is 6.88. The normalized spacial score (nSPS) is 17.1. The molecule has 3 aromatic carbocycles. The molecular weight excluding hydrogens is 445 g/mol. The molecule has 2 nitrogen and oxygen atoms in total. The average Bonchev–Trinajstić information content (AvgIpc) is 2.78. The number of alkyl halides is 1. The molecule has 1 aliphatic heterocycles. The van der Waals surface area contributed by atoms with Gasteiger partial charge in [0.1, 0.15) is 11.6 Å². The Labute approximate surface area is 197 Å². The molecule has 0 radical (unpaired) electrons. The van der Waals surface area contributed by atoms with Crippen LogP contribution in [0.3, 0.4) is 0 Å². The standard InChI is InChI=1S/C27H24ClF3N2/c1-2-27(17-29,21-11-24(30)13-25(31)12-21)22-15-33(16-22)26(19-6-8-23(28)9-7-19)20-5-3-4-18(10-20)14-32/h3-13,22,26H,2,15-17H2,1H3/t26-,27+/m0/s1. The van der Waals surface area contributed by atoms with E-state index in [0.717, 1.165) is 17.2 Å². The Morgan fingerprint density at radius 2 is 1.70 bits per heavy atom. The van der Waals surface area contributed by atoms with E-state index in [-0.39, 0.29) is 12.0 Å². The Hall–Kier alpha value is -2.81. The highest BCUT2D eigenvalue weighted by Gasteiger charge is 2.47. The molecule has 170 valence electrons. The van der Waals surface area contributed by atoms with Crippen molar-refractivity contribution in [2.24, 2.45) is 5.92 Å². The zero-order valence-corrected chi connectivity index (χ0v) is 19.0. The van der Waals surface area contributed by atoms with E-state index in [4.69, 9.17) is 11.6 Å². The number of halogens is 4. The van der Waals surface area contributed by atoms with Crippen LogP contribution in [-0.2, 0) is 5.41 Å². The van der Waals surface area contributed by atoms with E-state index in [1.54, 1.807) is 6.07 Å². The van der Waals surface area contributed by atoms with Crippen LogP contribution in [0.25, 0.3) is 0 Å². The lowest BCUT2D eigenvalue weighted by Gasteiger charge is -2.52. The molecule has 1 fully saturated rings. The lowest BCUT2D eigenvalue weighted by molar-refractivity contribution is 0.00310. The Morgan fingerprint density at radius 3 is 2.27 bits per heavy atom. The van der Waals surface area contributed by atoms with Gasteiger partial charge in [-0.1, -0.05) is 42.8 Å². The van der Waals surface area contributed by atoms with Crippen LogP contribution in [0.4, 0.5) is 13.2 Å². The van der Waals surface area contributed by atoms with E-state index in [1.165, 1.54) is 12.1 Å². The molecule has 3 aromatic rings. The van der Waals surface area contributed by atoms with Gasteiger partial charge in [-0.15, -0.1) is 0 Å². The topological polar surface area (TPSA) is 27.0 Å². The maximum Gasteiger partial charge on any atom is 0.126 e. The Bertz CT molecular complexity index is 1140. The first-order valence-electron chi connectivity index (χ1n) is 10.9. The van der Waals surface area contributed by atoms with Gasteiger partial charge in [-0.05, 0) is 65.4 Å². The summed E-state index contributed by atoms with van der Waals surface area (Å²) in [5, 5.41) is 9.99. The number of hydrogen-bond donors (Lipinski definition) is 0. The summed E-state index contributed by atoms with van der Waals surface area (Å²) < 4.78 is 42.5. The molecule has 6 heteroatoms. The predicted molar refractivity (Wildman–Crippen MR) is 124 cm³/mol. The van der Waals surface area contributed by atoms with Gasteiger partial charge in [0, 0.05) is 29.6 Å². The van der Waals surface area contributed by atoms with Crippen molar-refractivity contribution in [3.8, 4) is 6.07 Å². The number of likely N-dealkylation sites (tertiary alicyclic amines) is 1. The second-order valence-corrected chi connectivity index (χ2v) is 9.08. The summed E-state index contributed by atoms with van der Waals surface area (Å²) in [5.41, 5.74) is 1.93. The number of rotatable bonds is 7. The molecule has 4 rings (SSSR count). The van der Waals surface area contributed by atoms with Gasteiger partial charge >= 0.3 is 0 Å². The maximum absolute atomic E-state index is 14.5. The van der Waals surface area contributed by atoms with Crippen molar-refractivity contribution < 1.29 is 13.2 Å². The summed E-state index contributed by atoms with van der Waals surface area (Å²) in [6.07, 6.45) is 0.431.